The molecule has 7 heteroatoms. The van der Waals surface area contributed by atoms with Gasteiger partial charge in [-0.05, 0) is 50.8 Å². The molecule has 152 valence electrons. The first-order valence-corrected chi connectivity index (χ1v) is 12.5. The van der Waals surface area contributed by atoms with Crippen molar-refractivity contribution in [2.45, 2.75) is 57.6 Å². The van der Waals surface area contributed by atoms with Gasteiger partial charge in [-0.25, -0.2) is 13.4 Å². The Bertz CT molecular complexity index is 989. The highest BCUT2D eigenvalue weighted by molar-refractivity contribution is 7.99. The first kappa shape index (κ1) is 21.1. The minimum atomic E-state index is -3.03. The Kier molecular flexibility index (Phi) is 6.34. The van der Waals surface area contributed by atoms with Gasteiger partial charge in [0, 0.05) is 17.5 Å². The molecule has 5 nitrogen and oxygen atoms in total. The molecule has 1 fully saturated rings. The topological polar surface area (TPSA) is 67.3 Å². The fourth-order valence-electron chi connectivity index (χ4n) is 3.82. The maximum Gasteiger partial charge on any atom is 0.233 e. The highest BCUT2D eigenvalue weighted by Gasteiger charge is 2.36. The zero-order valence-electron chi connectivity index (χ0n) is 16.9. The van der Waals surface area contributed by atoms with Crippen molar-refractivity contribution in [3.8, 4) is 0 Å². The molecule has 0 N–H and O–H groups in total. The number of para-hydroxylation sites is 1. The second kappa shape index (κ2) is 8.41. The van der Waals surface area contributed by atoms with Crippen molar-refractivity contribution in [3.05, 3.63) is 35.4 Å². The third kappa shape index (κ3) is 4.51. The summed E-state index contributed by atoms with van der Waals surface area (Å²) in [6.07, 6.45) is 1.34. The Morgan fingerprint density at radius 1 is 1.32 bits per heavy atom. The van der Waals surface area contributed by atoms with Crippen LogP contribution in [0.4, 0.5) is 0 Å². The number of nitrogens with zero attached hydrogens (tertiary/aromatic N) is 2. The van der Waals surface area contributed by atoms with Gasteiger partial charge >= 0.3 is 0 Å². The van der Waals surface area contributed by atoms with Gasteiger partial charge in [-0.15, -0.1) is 0 Å². The number of carbonyl (C=O) groups excluding carboxylic acids is 1. The van der Waals surface area contributed by atoms with Gasteiger partial charge in [0.2, 0.25) is 5.91 Å². The van der Waals surface area contributed by atoms with Crippen LogP contribution < -0.4 is 0 Å². The second-order valence-electron chi connectivity index (χ2n) is 7.65. The van der Waals surface area contributed by atoms with Gasteiger partial charge in [0.05, 0.1) is 27.8 Å². The van der Waals surface area contributed by atoms with E-state index < -0.39 is 9.84 Å². The number of rotatable bonds is 6. The van der Waals surface area contributed by atoms with Crippen molar-refractivity contribution in [1.82, 2.24) is 9.88 Å². The van der Waals surface area contributed by atoms with Crippen LogP contribution >= 0.6 is 11.8 Å². The number of thioether (sulfide) groups is 1. The lowest BCUT2D eigenvalue weighted by Gasteiger charge is -2.33. The van der Waals surface area contributed by atoms with Crippen LogP contribution in [-0.2, 0) is 14.6 Å². The van der Waals surface area contributed by atoms with E-state index in [-0.39, 0.29) is 35.2 Å². The molecule has 1 aliphatic heterocycles. The molecule has 0 unspecified atom stereocenters. The van der Waals surface area contributed by atoms with Gasteiger partial charge in [0.1, 0.15) is 0 Å². The molecule has 1 aliphatic rings. The van der Waals surface area contributed by atoms with Gasteiger partial charge in [-0.2, -0.15) is 0 Å². The molecule has 1 aromatic heterocycles. The Hall–Kier alpha value is -1.60. The molecular weight excluding hydrogens is 392 g/mol. The smallest absolute Gasteiger partial charge is 0.233 e. The van der Waals surface area contributed by atoms with E-state index in [4.69, 9.17) is 4.98 Å². The predicted octanol–water partition coefficient (Wildman–Crippen LogP) is 3.76. The summed E-state index contributed by atoms with van der Waals surface area (Å²) in [4.78, 5) is 19.6. The molecule has 0 spiro atoms. The summed E-state index contributed by atoms with van der Waals surface area (Å²) in [7, 11) is -3.03. The summed E-state index contributed by atoms with van der Waals surface area (Å²) < 4.78 is 23.8. The molecule has 1 amide bonds. The molecule has 1 saturated heterocycles. The summed E-state index contributed by atoms with van der Waals surface area (Å²) in [6, 6.07) is 7.98. The van der Waals surface area contributed by atoms with Crippen molar-refractivity contribution in [2.24, 2.45) is 0 Å². The molecule has 0 saturated carbocycles. The summed E-state index contributed by atoms with van der Waals surface area (Å²) in [5.41, 5.74) is 3.23. The number of benzene rings is 1. The van der Waals surface area contributed by atoms with Gasteiger partial charge in [0.25, 0.3) is 0 Å². The minimum Gasteiger partial charge on any atom is -0.335 e. The number of sulfone groups is 1. The fraction of sp³-hybridized carbons (Fsp3) is 0.524. The standard InChI is InChI=1S/C21H28N2O3S2/c1-5-16(4)23(17-9-10-28(25,26)13-17)20(24)12-27-19-11-15(3)18-8-6-7-14(2)21(18)22-19/h6-8,11,16-17H,5,9-10,12-13H2,1-4H3/t16-,17+/m0/s1. The molecular formula is C21H28N2O3S2. The lowest BCUT2D eigenvalue weighted by Crippen LogP contribution is -2.47. The Morgan fingerprint density at radius 3 is 2.71 bits per heavy atom. The van der Waals surface area contributed by atoms with Crippen molar-refractivity contribution in [3.63, 3.8) is 0 Å². The first-order valence-electron chi connectivity index (χ1n) is 9.73. The van der Waals surface area contributed by atoms with Crippen LogP contribution in [0.5, 0.6) is 0 Å². The van der Waals surface area contributed by atoms with E-state index >= 15 is 0 Å². The van der Waals surface area contributed by atoms with Crippen LogP contribution in [-0.4, -0.2) is 53.6 Å². The van der Waals surface area contributed by atoms with E-state index in [2.05, 4.69) is 13.0 Å². The third-order valence-electron chi connectivity index (χ3n) is 5.52. The van der Waals surface area contributed by atoms with Crippen molar-refractivity contribution in [2.75, 3.05) is 17.3 Å². The lowest BCUT2D eigenvalue weighted by atomic mass is 10.1. The summed E-state index contributed by atoms with van der Waals surface area (Å²) in [5.74, 6) is 0.520. The van der Waals surface area contributed by atoms with Gasteiger partial charge in [0.15, 0.2) is 9.84 Å². The Morgan fingerprint density at radius 2 is 2.07 bits per heavy atom. The maximum atomic E-state index is 13.0. The molecule has 3 rings (SSSR count). The predicted molar refractivity (Wildman–Crippen MR) is 116 cm³/mol. The van der Waals surface area contributed by atoms with E-state index in [0.29, 0.717) is 6.42 Å². The zero-order valence-corrected chi connectivity index (χ0v) is 18.6. The number of hydrogen-bond donors (Lipinski definition) is 0. The molecule has 1 aromatic carbocycles. The number of hydrogen-bond acceptors (Lipinski definition) is 5. The third-order valence-corrected chi connectivity index (χ3v) is 8.17. The Balaban J connectivity index is 1.77. The van der Waals surface area contributed by atoms with Crippen LogP contribution in [0.2, 0.25) is 0 Å². The SMILES string of the molecule is CC[C@H](C)N(C(=O)CSc1cc(C)c2cccc(C)c2n1)[C@@H]1CCS(=O)(=O)C1. The average molecular weight is 421 g/mol. The molecule has 28 heavy (non-hydrogen) atoms. The monoisotopic (exact) mass is 420 g/mol. The van der Waals surface area contributed by atoms with Gasteiger partial charge in [-0.3, -0.25) is 4.79 Å². The van der Waals surface area contributed by atoms with Crippen molar-refractivity contribution in [1.29, 1.82) is 0 Å². The van der Waals surface area contributed by atoms with Crippen LogP contribution in [0.25, 0.3) is 10.9 Å². The van der Waals surface area contributed by atoms with Crippen LogP contribution in [0, 0.1) is 13.8 Å². The molecule has 0 aliphatic carbocycles. The lowest BCUT2D eigenvalue weighted by molar-refractivity contribution is -0.132. The summed E-state index contributed by atoms with van der Waals surface area (Å²) >= 11 is 1.43. The van der Waals surface area contributed by atoms with Crippen LogP contribution in [0.3, 0.4) is 0 Å². The second-order valence-corrected chi connectivity index (χ2v) is 10.9. The van der Waals surface area contributed by atoms with Crippen molar-refractivity contribution >= 4 is 38.4 Å². The number of amides is 1. The first-order chi connectivity index (χ1) is 13.2. The molecule has 2 aromatic rings. The quantitative estimate of drug-likeness (QED) is 0.666. The van der Waals surface area contributed by atoms with E-state index in [0.717, 1.165) is 33.5 Å². The number of aryl methyl sites for hydroxylation is 2. The van der Waals surface area contributed by atoms with Crippen LogP contribution in [0.15, 0.2) is 29.3 Å². The Labute approximate surface area is 171 Å². The molecule has 0 bridgehead atoms. The van der Waals surface area contributed by atoms with E-state index in [1.54, 1.807) is 4.90 Å². The largest absolute Gasteiger partial charge is 0.335 e. The van der Waals surface area contributed by atoms with E-state index in [1.807, 2.05) is 39.0 Å². The molecule has 2 atom stereocenters. The normalized spacial score (nSPS) is 19.6. The number of aromatic nitrogens is 1. The number of fused-ring (bicyclic) bond motifs is 1. The van der Waals surface area contributed by atoms with Gasteiger partial charge in [-0.1, -0.05) is 36.9 Å². The molecule has 0 radical (unpaired) electrons. The fourth-order valence-corrected chi connectivity index (χ4v) is 6.36. The number of carbonyl (C=O) groups is 1. The highest BCUT2D eigenvalue weighted by Crippen LogP contribution is 2.27. The zero-order chi connectivity index (χ0) is 20.5. The van der Waals surface area contributed by atoms with Gasteiger partial charge < -0.3 is 4.90 Å². The van der Waals surface area contributed by atoms with Crippen molar-refractivity contribution < 1.29 is 13.2 Å². The summed E-state index contributed by atoms with van der Waals surface area (Å²) in [6.45, 7) is 8.12. The average Bonchev–Trinajstić information content (AvgIpc) is 3.00. The number of pyridine rings is 1. The highest BCUT2D eigenvalue weighted by atomic mass is 32.2. The molecule has 2 heterocycles. The van der Waals surface area contributed by atoms with Crippen LogP contribution in [0.1, 0.15) is 37.8 Å². The van der Waals surface area contributed by atoms with E-state index in [1.165, 1.54) is 11.8 Å². The van der Waals surface area contributed by atoms with E-state index in [9.17, 15) is 13.2 Å². The minimum absolute atomic E-state index is 0.00853. The summed E-state index contributed by atoms with van der Waals surface area (Å²) in [5, 5.41) is 1.96. The maximum absolute atomic E-state index is 13.0.